The van der Waals surface area contributed by atoms with Crippen LogP contribution in [0, 0.1) is 23.7 Å². The average Bonchev–Trinajstić information content (AvgIpc) is 3.08. The number of amides is 2. The van der Waals surface area contributed by atoms with Gasteiger partial charge in [0.05, 0.1) is 28.4 Å². The summed E-state index contributed by atoms with van der Waals surface area (Å²) in [7, 11) is 0. The van der Waals surface area contributed by atoms with Crippen molar-refractivity contribution in [3.63, 3.8) is 0 Å². The van der Waals surface area contributed by atoms with Gasteiger partial charge in [0.2, 0.25) is 11.8 Å². The molecule has 0 saturated carbocycles. The van der Waals surface area contributed by atoms with Gasteiger partial charge in [-0.15, -0.1) is 0 Å². The van der Waals surface area contributed by atoms with Crippen LogP contribution in [0.15, 0.2) is 112 Å². The first-order chi connectivity index (χ1) is 23.8. The molecule has 1 fully saturated rings. The van der Waals surface area contributed by atoms with E-state index in [2.05, 4.69) is 0 Å². The van der Waals surface area contributed by atoms with Crippen LogP contribution in [-0.4, -0.2) is 21.5 Å². The number of nitrogens with zero attached hydrogens (tertiary/aromatic N) is 2. The second kappa shape index (κ2) is 9.96. The van der Waals surface area contributed by atoms with Crippen LogP contribution in [0.1, 0.15) is 33.7 Å². The molecule has 0 spiro atoms. The summed E-state index contributed by atoms with van der Waals surface area (Å²) < 4.78 is 82.1. The summed E-state index contributed by atoms with van der Waals surface area (Å²) in [5, 5.41) is 11.5. The van der Waals surface area contributed by atoms with E-state index in [0.29, 0.717) is 11.1 Å². The molecule has 5 unspecified atom stereocenters. The molecule has 9 rings (SSSR count). The van der Waals surface area contributed by atoms with Gasteiger partial charge < -0.3 is 5.11 Å². The number of hydrogen-bond acceptors (Lipinski definition) is 4. The minimum atomic E-state index is -4.67. The third-order valence-corrected chi connectivity index (χ3v) is 10.6. The number of carbonyl (C=O) groups is 2. The number of fused-ring (bicyclic) bond motifs is 2. The average molecular weight is 685 g/mol. The lowest BCUT2D eigenvalue weighted by Gasteiger charge is -2.50. The van der Waals surface area contributed by atoms with Gasteiger partial charge in [0.15, 0.2) is 0 Å². The van der Waals surface area contributed by atoms with Crippen molar-refractivity contribution in [1.82, 2.24) is 4.57 Å². The maximum atomic E-state index is 13.9. The molecule has 3 aromatic rings. The number of halogens is 6. The lowest BCUT2D eigenvalue weighted by Crippen LogP contribution is -2.53. The maximum absolute atomic E-state index is 13.9. The van der Waals surface area contributed by atoms with Crippen LogP contribution in [0.3, 0.4) is 0 Å². The summed E-state index contributed by atoms with van der Waals surface area (Å²) in [4.78, 5) is 42.6. The lowest BCUT2D eigenvalue weighted by molar-refractivity contribution is -0.138. The van der Waals surface area contributed by atoms with Gasteiger partial charge in [-0.3, -0.25) is 14.4 Å². The Morgan fingerprint density at radius 1 is 0.680 bits per heavy atom. The predicted molar refractivity (Wildman–Crippen MR) is 170 cm³/mol. The van der Waals surface area contributed by atoms with Crippen molar-refractivity contribution in [3.05, 3.63) is 145 Å². The highest BCUT2D eigenvalue weighted by Gasteiger charge is 2.54. The van der Waals surface area contributed by atoms with E-state index in [1.807, 2.05) is 12.2 Å². The number of pyridine rings is 1. The molecule has 6 aliphatic rings. The number of anilines is 1. The smallest absolute Gasteiger partial charge is 0.416 e. The van der Waals surface area contributed by atoms with Crippen molar-refractivity contribution in [2.24, 2.45) is 23.7 Å². The minimum absolute atomic E-state index is 0.138. The van der Waals surface area contributed by atoms with E-state index in [9.17, 15) is 45.8 Å². The molecule has 12 heteroatoms. The van der Waals surface area contributed by atoms with Crippen molar-refractivity contribution in [1.29, 1.82) is 0 Å². The molecule has 1 saturated heterocycles. The molecule has 6 nitrogen and oxygen atoms in total. The van der Waals surface area contributed by atoms with Gasteiger partial charge in [0.25, 0.3) is 11.5 Å². The Labute approximate surface area is 278 Å². The van der Waals surface area contributed by atoms with E-state index in [0.717, 1.165) is 56.5 Å². The summed E-state index contributed by atoms with van der Waals surface area (Å²) in [6, 6.07) is 8.28. The fourth-order valence-corrected chi connectivity index (χ4v) is 8.57. The Morgan fingerprint density at radius 2 is 1.28 bits per heavy atom. The molecular formula is C38H22F6N2O4. The molecule has 2 amide bonds. The molecular weight excluding hydrogens is 662 g/mol. The Hall–Kier alpha value is -5.65. The quantitative estimate of drug-likeness (QED) is 0.224. The zero-order valence-electron chi connectivity index (χ0n) is 25.5. The van der Waals surface area contributed by atoms with E-state index >= 15 is 0 Å². The largest absolute Gasteiger partial charge is 0.494 e. The highest BCUT2D eigenvalue weighted by atomic mass is 19.4. The van der Waals surface area contributed by atoms with Crippen molar-refractivity contribution in [2.45, 2.75) is 18.3 Å². The van der Waals surface area contributed by atoms with E-state index in [4.69, 9.17) is 0 Å². The van der Waals surface area contributed by atoms with Gasteiger partial charge in [-0.2, -0.15) is 26.3 Å². The number of alkyl halides is 6. The van der Waals surface area contributed by atoms with Gasteiger partial charge in [0, 0.05) is 40.4 Å². The number of benzene rings is 2. The topological polar surface area (TPSA) is 79.6 Å². The van der Waals surface area contributed by atoms with Crippen molar-refractivity contribution < 1.29 is 41.0 Å². The zero-order chi connectivity index (χ0) is 35.0. The third kappa shape index (κ3) is 4.01. The highest BCUT2D eigenvalue weighted by molar-refractivity contribution is 6.25. The van der Waals surface area contributed by atoms with E-state index < -0.39 is 58.6 Å². The number of aromatic nitrogens is 1. The first kappa shape index (κ1) is 30.4. The van der Waals surface area contributed by atoms with Crippen LogP contribution < -0.4 is 10.5 Å². The fourth-order valence-electron chi connectivity index (χ4n) is 8.57. The second-order valence-electron chi connectivity index (χ2n) is 13.1. The first-order valence-corrected chi connectivity index (χ1v) is 15.7. The summed E-state index contributed by atoms with van der Waals surface area (Å²) in [6.45, 7) is 0. The van der Waals surface area contributed by atoms with Crippen molar-refractivity contribution >= 4 is 29.7 Å². The SMILES string of the molecule is O=C1C2=CC=C3C4=C(C=CC(C(=O)N1c1cccc(C(F)(F)F)c1)C24)C1C=Cc2c4c(c(=O)n(-c5cccc(C(F)(F)F)c5)c2O)C=CC3C41. The highest BCUT2D eigenvalue weighted by Crippen LogP contribution is 2.61. The number of allylic oxidation sites excluding steroid dienone is 8. The van der Waals surface area contributed by atoms with Gasteiger partial charge in [-0.05, 0) is 58.7 Å². The van der Waals surface area contributed by atoms with Crippen LogP contribution in [0.25, 0.3) is 17.8 Å². The summed E-state index contributed by atoms with van der Waals surface area (Å²) in [5.74, 6) is -4.47. The zero-order valence-corrected chi connectivity index (χ0v) is 25.5. The number of hydrogen-bond donors (Lipinski definition) is 1. The molecule has 1 aliphatic heterocycles. The Balaban J connectivity index is 1.17. The van der Waals surface area contributed by atoms with Gasteiger partial charge in [-0.1, -0.05) is 60.7 Å². The lowest BCUT2D eigenvalue weighted by atomic mass is 9.54. The molecule has 0 radical (unpaired) electrons. The molecule has 5 atom stereocenters. The molecule has 2 aromatic carbocycles. The number of aromatic hydroxyl groups is 1. The second-order valence-corrected chi connectivity index (χ2v) is 13.1. The Kier molecular flexibility index (Phi) is 6.06. The molecule has 1 N–H and O–H groups in total. The Morgan fingerprint density at radius 3 is 1.98 bits per heavy atom. The molecule has 0 bridgehead atoms. The molecule has 250 valence electrons. The Bertz CT molecular complexity index is 2370. The standard InChI is InChI=1S/C38H22F6N2O4/c39-37(40,41)17-3-1-5-19(15-17)45-33(47)25-11-7-21-23-9-13-27-32-28(36(50)46(35(27)49)20-6-2-4-18(16-20)38(42,43)44)14-10-24(30(23)32)22-8-12-26(34(45)48)31(25)29(21)22/h1-16,21-22,27,29,32,47H. The van der Waals surface area contributed by atoms with Gasteiger partial charge >= 0.3 is 12.4 Å². The third-order valence-electron chi connectivity index (χ3n) is 10.6. The van der Waals surface area contributed by atoms with Gasteiger partial charge in [0.1, 0.15) is 0 Å². The molecule has 50 heavy (non-hydrogen) atoms. The number of piperidine rings is 1. The first-order valence-electron chi connectivity index (χ1n) is 15.7. The number of rotatable bonds is 2. The van der Waals surface area contributed by atoms with E-state index in [-0.39, 0.29) is 40.3 Å². The van der Waals surface area contributed by atoms with E-state index in [1.165, 1.54) is 18.2 Å². The maximum Gasteiger partial charge on any atom is 0.416 e. The number of carbonyl (C=O) groups excluding carboxylic acids is 2. The van der Waals surface area contributed by atoms with Crippen LogP contribution in [-0.2, 0) is 21.9 Å². The summed E-state index contributed by atoms with van der Waals surface area (Å²) >= 11 is 0. The van der Waals surface area contributed by atoms with Crippen molar-refractivity contribution in [3.8, 4) is 11.6 Å². The monoisotopic (exact) mass is 684 g/mol. The van der Waals surface area contributed by atoms with Crippen LogP contribution in [0.2, 0.25) is 0 Å². The summed E-state index contributed by atoms with van der Waals surface area (Å²) in [5.41, 5.74) is 0.810. The predicted octanol–water partition coefficient (Wildman–Crippen LogP) is 7.50. The van der Waals surface area contributed by atoms with E-state index in [1.54, 1.807) is 36.5 Å². The van der Waals surface area contributed by atoms with Crippen LogP contribution >= 0.6 is 0 Å². The fraction of sp³-hybridized carbons (Fsp3) is 0.184. The van der Waals surface area contributed by atoms with Crippen LogP contribution in [0.5, 0.6) is 5.88 Å². The van der Waals surface area contributed by atoms with Crippen molar-refractivity contribution in [2.75, 3.05) is 4.90 Å². The summed E-state index contributed by atoms with van der Waals surface area (Å²) in [6.07, 6.45) is 4.44. The van der Waals surface area contributed by atoms with Gasteiger partial charge in [-0.25, -0.2) is 9.47 Å². The molecule has 1 aromatic heterocycles. The van der Waals surface area contributed by atoms with Crippen LogP contribution in [0.4, 0.5) is 32.0 Å². The normalized spacial score (nSPS) is 25.7. The molecule has 2 heterocycles. The number of imide groups is 1. The minimum Gasteiger partial charge on any atom is -0.494 e. The molecule has 5 aliphatic carbocycles.